The van der Waals surface area contributed by atoms with Crippen LogP contribution in [0.25, 0.3) is 6.08 Å². The third-order valence-corrected chi connectivity index (χ3v) is 3.05. The van der Waals surface area contributed by atoms with Gasteiger partial charge >= 0.3 is 0 Å². The molecule has 0 fully saturated rings. The van der Waals surface area contributed by atoms with Crippen molar-refractivity contribution in [2.45, 2.75) is 19.4 Å². The molecule has 2 rings (SSSR count). The highest BCUT2D eigenvalue weighted by atomic mass is 16.5. The Morgan fingerprint density at radius 3 is 2.21 bits per heavy atom. The van der Waals surface area contributed by atoms with Crippen molar-refractivity contribution in [3.63, 3.8) is 0 Å². The van der Waals surface area contributed by atoms with Crippen LogP contribution in [0, 0.1) is 0 Å². The molecule has 1 heteroatoms. The molecule has 0 amide bonds. The molecule has 2 aromatic rings. The molecule has 0 bridgehead atoms. The van der Waals surface area contributed by atoms with Gasteiger partial charge in [-0.15, -0.1) is 0 Å². The highest BCUT2D eigenvalue weighted by Gasteiger charge is 2.07. The molecule has 2 aromatic carbocycles. The smallest absolute Gasteiger partial charge is 0.0826 e. The summed E-state index contributed by atoms with van der Waals surface area (Å²) in [6.45, 7) is 2.79. The first-order valence-electron chi connectivity index (χ1n) is 6.78. The summed E-state index contributed by atoms with van der Waals surface area (Å²) in [6.07, 6.45) is 5.34. The van der Waals surface area contributed by atoms with Gasteiger partial charge in [0.1, 0.15) is 0 Å². The first-order chi connectivity index (χ1) is 9.40. The van der Waals surface area contributed by atoms with E-state index in [1.54, 1.807) is 0 Å². The minimum absolute atomic E-state index is 0.182. The van der Waals surface area contributed by atoms with E-state index in [-0.39, 0.29) is 6.10 Å². The monoisotopic (exact) mass is 252 g/mol. The van der Waals surface area contributed by atoms with E-state index in [9.17, 15) is 0 Å². The molecule has 0 aliphatic heterocycles. The summed E-state index contributed by atoms with van der Waals surface area (Å²) in [5, 5.41) is 0. The summed E-state index contributed by atoms with van der Waals surface area (Å²) >= 11 is 0. The van der Waals surface area contributed by atoms with Crippen molar-refractivity contribution in [2.75, 3.05) is 6.61 Å². The third kappa shape index (κ3) is 4.38. The lowest BCUT2D eigenvalue weighted by molar-refractivity contribution is 0.0716. The van der Waals surface area contributed by atoms with Gasteiger partial charge in [0.15, 0.2) is 0 Å². The molecule has 1 nitrogen and oxygen atoms in total. The summed E-state index contributed by atoms with van der Waals surface area (Å²) in [6, 6.07) is 20.7. The quantitative estimate of drug-likeness (QED) is 0.712. The highest BCUT2D eigenvalue weighted by molar-refractivity contribution is 5.48. The van der Waals surface area contributed by atoms with E-state index in [4.69, 9.17) is 4.74 Å². The molecular formula is C18H20O. The fourth-order valence-corrected chi connectivity index (χ4v) is 2.04. The molecule has 0 spiro atoms. The second-order valence-corrected chi connectivity index (χ2v) is 4.45. The van der Waals surface area contributed by atoms with Gasteiger partial charge in [-0.2, -0.15) is 0 Å². The predicted octanol–water partition coefficient (Wildman–Crippen LogP) is 4.87. The van der Waals surface area contributed by atoms with Crippen LogP contribution in [0.2, 0.25) is 0 Å². The van der Waals surface area contributed by atoms with Gasteiger partial charge in [-0.1, -0.05) is 79.7 Å². The van der Waals surface area contributed by atoms with E-state index in [2.05, 4.69) is 55.5 Å². The van der Waals surface area contributed by atoms with Crippen molar-refractivity contribution in [1.29, 1.82) is 0 Å². The zero-order valence-corrected chi connectivity index (χ0v) is 11.3. The molecule has 0 heterocycles. The average Bonchev–Trinajstić information content (AvgIpc) is 2.49. The Balaban J connectivity index is 1.86. The Morgan fingerprint density at radius 2 is 1.58 bits per heavy atom. The van der Waals surface area contributed by atoms with Crippen molar-refractivity contribution >= 4 is 6.08 Å². The van der Waals surface area contributed by atoms with Gasteiger partial charge in [0.25, 0.3) is 0 Å². The van der Waals surface area contributed by atoms with Crippen LogP contribution in [0.1, 0.15) is 30.6 Å². The predicted molar refractivity (Wildman–Crippen MR) is 80.9 cm³/mol. The van der Waals surface area contributed by atoms with Crippen LogP contribution in [0.4, 0.5) is 0 Å². The molecule has 0 saturated carbocycles. The Kier molecular flexibility index (Phi) is 5.39. The summed E-state index contributed by atoms with van der Waals surface area (Å²) in [5.41, 5.74) is 2.46. The van der Waals surface area contributed by atoms with Gasteiger partial charge < -0.3 is 4.74 Å². The first kappa shape index (κ1) is 13.6. The van der Waals surface area contributed by atoms with E-state index >= 15 is 0 Å². The Hall–Kier alpha value is -1.86. The lowest BCUT2D eigenvalue weighted by Gasteiger charge is -2.15. The second kappa shape index (κ2) is 7.55. The average molecular weight is 252 g/mol. The van der Waals surface area contributed by atoms with Crippen LogP contribution in [0.15, 0.2) is 66.7 Å². The van der Waals surface area contributed by atoms with Crippen LogP contribution in [0.5, 0.6) is 0 Å². The molecular weight excluding hydrogens is 232 g/mol. The van der Waals surface area contributed by atoms with E-state index in [1.807, 2.05) is 24.3 Å². The minimum Gasteiger partial charge on any atom is -0.369 e. The molecule has 1 unspecified atom stereocenters. The van der Waals surface area contributed by atoms with Gasteiger partial charge in [-0.05, 0) is 17.5 Å². The van der Waals surface area contributed by atoms with Gasteiger partial charge in [0.2, 0.25) is 0 Å². The Bertz CT molecular complexity index is 488. The van der Waals surface area contributed by atoms with Crippen LogP contribution in [-0.4, -0.2) is 6.61 Å². The maximum Gasteiger partial charge on any atom is 0.0826 e. The summed E-state index contributed by atoms with van der Waals surface area (Å²) in [4.78, 5) is 0. The molecule has 0 saturated heterocycles. The van der Waals surface area contributed by atoms with Gasteiger partial charge in [-0.3, -0.25) is 0 Å². The number of hydrogen-bond donors (Lipinski definition) is 0. The standard InChI is InChI=1S/C18H20O/c1-2-18(17-13-7-4-8-14-17)19-15-9-12-16-10-5-3-6-11-16/h3-14,18H,2,15H2,1H3/b12-9+. The van der Waals surface area contributed by atoms with E-state index in [0.717, 1.165) is 6.42 Å². The number of ether oxygens (including phenoxy) is 1. The number of hydrogen-bond acceptors (Lipinski definition) is 1. The molecule has 98 valence electrons. The topological polar surface area (TPSA) is 9.23 Å². The normalized spacial score (nSPS) is 12.7. The SMILES string of the molecule is CCC(OC/C=C/c1ccccc1)c1ccccc1. The van der Waals surface area contributed by atoms with Crippen molar-refractivity contribution < 1.29 is 4.74 Å². The number of benzene rings is 2. The van der Waals surface area contributed by atoms with Crippen molar-refractivity contribution in [3.05, 3.63) is 77.9 Å². The Morgan fingerprint density at radius 1 is 0.947 bits per heavy atom. The zero-order valence-electron chi connectivity index (χ0n) is 11.3. The first-order valence-corrected chi connectivity index (χ1v) is 6.78. The minimum atomic E-state index is 0.182. The van der Waals surface area contributed by atoms with Gasteiger partial charge in [0.05, 0.1) is 12.7 Å². The zero-order chi connectivity index (χ0) is 13.3. The fourth-order valence-electron chi connectivity index (χ4n) is 2.04. The third-order valence-electron chi connectivity index (χ3n) is 3.05. The molecule has 0 aliphatic carbocycles. The van der Waals surface area contributed by atoms with Crippen LogP contribution < -0.4 is 0 Å². The Labute approximate surface area is 115 Å². The number of rotatable bonds is 6. The van der Waals surface area contributed by atoms with Gasteiger partial charge in [-0.25, -0.2) is 0 Å². The molecule has 0 aromatic heterocycles. The van der Waals surface area contributed by atoms with Crippen molar-refractivity contribution in [1.82, 2.24) is 0 Å². The highest BCUT2D eigenvalue weighted by Crippen LogP contribution is 2.20. The molecule has 0 radical (unpaired) electrons. The second-order valence-electron chi connectivity index (χ2n) is 4.45. The van der Waals surface area contributed by atoms with E-state index in [0.29, 0.717) is 6.61 Å². The fraction of sp³-hybridized carbons (Fsp3) is 0.222. The molecule has 0 N–H and O–H groups in total. The van der Waals surface area contributed by atoms with Gasteiger partial charge in [0, 0.05) is 0 Å². The maximum absolute atomic E-state index is 5.91. The molecule has 0 aliphatic rings. The summed E-state index contributed by atoms with van der Waals surface area (Å²) in [7, 11) is 0. The lowest BCUT2D eigenvalue weighted by Crippen LogP contribution is -2.02. The van der Waals surface area contributed by atoms with E-state index in [1.165, 1.54) is 11.1 Å². The molecule has 19 heavy (non-hydrogen) atoms. The lowest BCUT2D eigenvalue weighted by atomic mass is 10.1. The van der Waals surface area contributed by atoms with Crippen molar-refractivity contribution in [2.24, 2.45) is 0 Å². The van der Waals surface area contributed by atoms with Crippen LogP contribution in [-0.2, 0) is 4.74 Å². The van der Waals surface area contributed by atoms with Crippen LogP contribution >= 0.6 is 0 Å². The largest absolute Gasteiger partial charge is 0.369 e. The summed E-state index contributed by atoms with van der Waals surface area (Å²) in [5.74, 6) is 0. The molecule has 1 atom stereocenters. The van der Waals surface area contributed by atoms with Crippen LogP contribution in [0.3, 0.4) is 0 Å². The van der Waals surface area contributed by atoms with E-state index < -0.39 is 0 Å². The summed E-state index contributed by atoms with van der Waals surface area (Å²) < 4.78 is 5.91. The van der Waals surface area contributed by atoms with Crippen molar-refractivity contribution in [3.8, 4) is 0 Å². The maximum atomic E-state index is 5.91.